The summed E-state index contributed by atoms with van der Waals surface area (Å²) < 4.78 is 7.06. The van der Waals surface area contributed by atoms with Gasteiger partial charge in [-0.05, 0) is 32.1 Å². The molecule has 128 valence electrons. The molecule has 8 nitrogen and oxygen atoms in total. The fourth-order valence-electron chi connectivity index (χ4n) is 2.49. The van der Waals surface area contributed by atoms with Crippen LogP contribution >= 0.6 is 11.8 Å². The lowest BCUT2D eigenvalue weighted by Crippen LogP contribution is -2.26. The average molecular weight is 348 g/mol. The lowest BCUT2D eigenvalue weighted by Gasteiger charge is -2.12. The van der Waals surface area contributed by atoms with Gasteiger partial charge in [0.2, 0.25) is 11.8 Å². The van der Waals surface area contributed by atoms with Gasteiger partial charge in [-0.25, -0.2) is 9.67 Å². The molecule has 0 saturated carbocycles. The summed E-state index contributed by atoms with van der Waals surface area (Å²) in [5.74, 6) is 0.685. The van der Waals surface area contributed by atoms with Gasteiger partial charge in [0.05, 0.1) is 5.75 Å². The number of nitrogens with zero attached hydrogens (tertiary/aromatic N) is 5. The summed E-state index contributed by atoms with van der Waals surface area (Å²) >= 11 is 1.24. The molecule has 0 radical (unpaired) electrons. The predicted molar refractivity (Wildman–Crippen MR) is 88.3 cm³/mol. The molecular weight excluding hydrogens is 328 g/mol. The first-order valence-corrected chi connectivity index (χ1v) is 9.00. The Morgan fingerprint density at radius 1 is 1.38 bits per heavy atom. The fourth-order valence-corrected chi connectivity index (χ4v) is 3.10. The Morgan fingerprint density at radius 3 is 3.12 bits per heavy atom. The largest absolute Gasteiger partial charge is 0.414 e. The number of carbonyl (C=O) groups excluding carboxylic acids is 1. The average Bonchev–Trinajstić information content (AvgIpc) is 3.26. The predicted octanol–water partition coefficient (Wildman–Crippen LogP) is 1.81. The van der Waals surface area contributed by atoms with E-state index in [0.717, 1.165) is 6.42 Å². The number of hydrogen-bond acceptors (Lipinski definition) is 7. The van der Waals surface area contributed by atoms with E-state index in [4.69, 9.17) is 4.42 Å². The van der Waals surface area contributed by atoms with E-state index >= 15 is 0 Å². The quantitative estimate of drug-likeness (QED) is 0.574. The molecule has 1 aliphatic carbocycles. The van der Waals surface area contributed by atoms with Gasteiger partial charge in [0.1, 0.15) is 19.2 Å². The summed E-state index contributed by atoms with van der Waals surface area (Å²) in [7, 11) is 0. The first-order chi connectivity index (χ1) is 11.8. The van der Waals surface area contributed by atoms with E-state index in [0.29, 0.717) is 24.2 Å². The number of aromatic nitrogens is 5. The van der Waals surface area contributed by atoms with Crippen LogP contribution in [0.3, 0.4) is 0 Å². The third-order valence-corrected chi connectivity index (χ3v) is 4.51. The van der Waals surface area contributed by atoms with Crippen LogP contribution in [0.5, 0.6) is 0 Å². The van der Waals surface area contributed by atoms with Crippen LogP contribution in [0.2, 0.25) is 0 Å². The molecule has 0 saturated heterocycles. The molecule has 3 rings (SSSR count). The molecule has 2 aromatic heterocycles. The van der Waals surface area contributed by atoms with Crippen molar-refractivity contribution in [3.8, 4) is 0 Å². The minimum atomic E-state index is -0.0209. The van der Waals surface area contributed by atoms with Gasteiger partial charge in [0, 0.05) is 6.54 Å². The van der Waals surface area contributed by atoms with Gasteiger partial charge in [-0.3, -0.25) is 4.79 Å². The van der Waals surface area contributed by atoms with E-state index in [1.807, 2.05) is 0 Å². The molecule has 0 unspecified atom stereocenters. The molecule has 2 aromatic rings. The van der Waals surface area contributed by atoms with Crippen LogP contribution in [0.1, 0.15) is 38.0 Å². The van der Waals surface area contributed by atoms with Gasteiger partial charge >= 0.3 is 0 Å². The Hall–Kier alpha value is -2.16. The van der Waals surface area contributed by atoms with Crippen LogP contribution < -0.4 is 5.32 Å². The second kappa shape index (κ2) is 8.62. The number of rotatable bonds is 8. The summed E-state index contributed by atoms with van der Waals surface area (Å²) in [4.78, 5) is 15.7. The van der Waals surface area contributed by atoms with Crippen LogP contribution in [0.15, 0.2) is 33.9 Å². The topological polar surface area (TPSA) is 98.7 Å². The van der Waals surface area contributed by atoms with Crippen molar-refractivity contribution >= 4 is 17.7 Å². The first kappa shape index (κ1) is 16.7. The SMILES string of the molecule is O=C(CSc1nnc(Cn2cncn2)o1)NCCC1=CCCCC1. The van der Waals surface area contributed by atoms with Crippen molar-refractivity contribution < 1.29 is 9.21 Å². The Balaban J connectivity index is 1.35. The van der Waals surface area contributed by atoms with E-state index in [9.17, 15) is 4.79 Å². The van der Waals surface area contributed by atoms with Crippen molar-refractivity contribution in [2.24, 2.45) is 0 Å². The van der Waals surface area contributed by atoms with Crippen molar-refractivity contribution in [2.75, 3.05) is 12.3 Å². The minimum absolute atomic E-state index is 0.0209. The van der Waals surface area contributed by atoms with Gasteiger partial charge in [-0.15, -0.1) is 10.2 Å². The number of carbonyl (C=O) groups is 1. The summed E-state index contributed by atoms with van der Waals surface area (Å²) in [6, 6.07) is 0. The maximum absolute atomic E-state index is 11.9. The summed E-state index contributed by atoms with van der Waals surface area (Å²) in [6.07, 6.45) is 11.2. The Morgan fingerprint density at radius 2 is 2.33 bits per heavy atom. The van der Waals surface area contributed by atoms with Crippen LogP contribution in [0.25, 0.3) is 0 Å². The summed E-state index contributed by atoms with van der Waals surface area (Å²) in [5, 5.41) is 15.1. The molecule has 0 spiro atoms. The Kier molecular flexibility index (Phi) is 6.00. The summed E-state index contributed by atoms with van der Waals surface area (Å²) in [6.45, 7) is 1.06. The highest BCUT2D eigenvalue weighted by Gasteiger charge is 2.10. The standard InChI is InChI=1S/C15H20N6O2S/c22-13(17-7-6-12-4-2-1-3-5-12)9-24-15-20-19-14(23-15)8-21-11-16-10-18-21/h4,10-11H,1-3,5-9H2,(H,17,22). The lowest BCUT2D eigenvalue weighted by atomic mass is 9.97. The van der Waals surface area contributed by atoms with Crippen LogP contribution in [-0.4, -0.2) is 43.2 Å². The molecule has 0 bridgehead atoms. The van der Waals surface area contributed by atoms with Gasteiger partial charge in [0.15, 0.2) is 0 Å². The normalized spacial score (nSPS) is 14.4. The molecular formula is C15H20N6O2S. The third kappa shape index (κ3) is 5.19. The second-order valence-corrected chi connectivity index (χ2v) is 6.48. The number of allylic oxidation sites excluding steroid dienone is 1. The van der Waals surface area contributed by atoms with Crippen molar-refractivity contribution in [1.29, 1.82) is 0 Å². The maximum atomic E-state index is 11.9. The zero-order chi connectivity index (χ0) is 16.6. The molecule has 0 atom stereocenters. The number of amides is 1. The van der Waals surface area contributed by atoms with Crippen molar-refractivity contribution in [1.82, 2.24) is 30.3 Å². The highest BCUT2D eigenvalue weighted by Crippen LogP contribution is 2.19. The van der Waals surface area contributed by atoms with Gasteiger partial charge in [0.25, 0.3) is 5.22 Å². The van der Waals surface area contributed by atoms with Crippen LogP contribution in [-0.2, 0) is 11.3 Å². The first-order valence-electron chi connectivity index (χ1n) is 8.02. The van der Waals surface area contributed by atoms with Crippen LogP contribution in [0.4, 0.5) is 0 Å². The highest BCUT2D eigenvalue weighted by molar-refractivity contribution is 7.99. The Labute approximate surface area is 144 Å². The number of nitrogens with one attached hydrogen (secondary N) is 1. The van der Waals surface area contributed by atoms with E-state index in [1.165, 1.54) is 49.3 Å². The molecule has 1 amide bonds. The molecule has 0 aliphatic heterocycles. The van der Waals surface area contributed by atoms with Crippen LogP contribution in [0, 0.1) is 0 Å². The van der Waals surface area contributed by atoms with E-state index in [-0.39, 0.29) is 11.7 Å². The molecule has 0 aromatic carbocycles. The second-order valence-electron chi connectivity index (χ2n) is 5.55. The molecule has 24 heavy (non-hydrogen) atoms. The molecule has 9 heteroatoms. The highest BCUT2D eigenvalue weighted by atomic mass is 32.2. The smallest absolute Gasteiger partial charge is 0.277 e. The monoisotopic (exact) mass is 348 g/mol. The summed E-state index contributed by atoms with van der Waals surface area (Å²) in [5.41, 5.74) is 1.46. The van der Waals surface area contributed by atoms with Crippen molar-refractivity contribution in [3.63, 3.8) is 0 Å². The number of hydrogen-bond donors (Lipinski definition) is 1. The van der Waals surface area contributed by atoms with Gasteiger partial charge in [-0.2, -0.15) is 5.10 Å². The van der Waals surface area contributed by atoms with Gasteiger partial charge < -0.3 is 9.73 Å². The number of thioether (sulfide) groups is 1. The lowest BCUT2D eigenvalue weighted by molar-refractivity contribution is -0.118. The molecule has 0 fully saturated rings. The zero-order valence-corrected chi connectivity index (χ0v) is 14.2. The van der Waals surface area contributed by atoms with Crippen molar-refractivity contribution in [2.45, 2.75) is 43.9 Å². The van der Waals surface area contributed by atoms with E-state index in [2.05, 4.69) is 31.7 Å². The fraction of sp³-hybridized carbons (Fsp3) is 0.533. The molecule has 1 aliphatic rings. The zero-order valence-electron chi connectivity index (χ0n) is 13.3. The maximum Gasteiger partial charge on any atom is 0.277 e. The third-order valence-electron chi connectivity index (χ3n) is 3.69. The molecule has 2 heterocycles. The van der Waals surface area contributed by atoms with E-state index < -0.39 is 0 Å². The van der Waals surface area contributed by atoms with E-state index in [1.54, 1.807) is 11.0 Å². The van der Waals surface area contributed by atoms with Crippen molar-refractivity contribution in [3.05, 3.63) is 30.2 Å². The Bertz CT molecular complexity index is 682. The van der Waals surface area contributed by atoms with Gasteiger partial charge in [-0.1, -0.05) is 23.4 Å². The minimum Gasteiger partial charge on any atom is -0.414 e. The molecule has 1 N–H and O–H groups in total.